The van der Waals surface area contributed by atoms with Gasteiger partial charge in [0.25, 0.3) is 0 Å². The summed E-state index contributed by atoms with van der Waals surface area (Å²) in [5.41, 5.74) is 5.77. The summed E-state index contributed by atoms with van der Waals surface area (Å²) < 4.78 is 10.5. The van der Waals surface area contributed by atoms with E-state index in [1.807, 2.05) is 0 Å². The zero-order chi connectivity index (χ0) is 19.4. The van der Waals surface area contributed by atoms with E-state index in [0.717, 1.165) is 0 Å². The van der Waals surface area contributed by atoms with Gasteiger partial charge in [-0.15, -0.1) is 0 Å². The largest absolute Gasteiger partial charge is 0.504 e. The molecule has 140 valence electrons. The highest BCUT2D eigenvalue weighted by molar-refractivity contribution is 5.77. The van der Waals surface area contributed by atoms with Crippen molar-refractivity contribution in [2.45, 2.75) is 59.3 Å². The zero-order valence-corrected chi connectivity index (χ0v) is 15.3. The normalized spacial score (nSPS) is 15.1. The van der Waals surface area contributed by atoms with Gasteiger partial charge in [-0.3, -0.25) is 9.59 Å². The van der Waals surface area contributed by atoms with E-state index >= 15 is 0 Å². The fraction of sp³-hybridized carbons (Fsp3) is 0.556. The number of aromatic hydroxyl groups is 2. The summed E-state index contributed by atoms with van der Waals surface area (Å²) in [5.74, 6) is -1.55. The van der Waals surface area contributed by atoms with Gasteiger partial charge in [0.15, 0.2) is 11.5 Å². The Bertz CT molecular complexity index is 622. The van der Waals surface area contributed by atoms with Crippen LogP contribution in [0, 0.1) is 5.41 Å². The highest BCUT2D eigenvalue weighted by Crippen LogP contribution is 2.25. The Labute approximate surface area is 147 Å². The Balaban J connectivity index is 2.58. The van der Waals surface area contributed by atoms with Crippen LogP contribution in [0.4, 0.5) is 0 Å². The summed E-state index contributed by atoms with van der Waals surface area (Å²) >= 11 is 0. The van der Waals surface area contributed by atoms with Gasteiger partial charge in [0.1, 0.15) is 18.2 Å². The number of esters is 2. The molecule has 0 saturated carbocycles. The quantitative estimate of drug-likeness (QED) is 0.527. The van der Waals surface area contributed by atoms with Crippen LogP contribution in [0.1, 0.15) is 40.2 Å². The zero-order valence-electron chi connectivity index (χ0n) is 15.3. The Morgan fingerprint density at radius 3 is 2.16 bits per heavy atom. The number of hydrogen-bond acceptors (Lipinski definition) is 7. The number of nitrogens with two attached hydrogens (primary N) is 1. The van der Waals surface area contributed by atoms with Gasteiger partial charge in [0, 0.05) is 0 Å². The fourth-order valence-electron chi connectivity index (χ4n) is 1.84. The predicted octanol–water partition coefficient (Wildman–Crippen LogP) is 1.88. The molecule has 1 aromatic rings. The van der Waals surface area contributed by atoms with Gasteiger partial charge in [-0.2, -0.15) is 0 Å². The molecule has 0 unspecified atom stereocenters. The summed E-state index contributed by atoms with van der Waals surface area (Å²) in [4.78, 5) is 24.0. The van der Waals surface area contributed by atoms with E-state index in [4.69, 9.17) is 15.2 Å². The third-order valence-electron chi connectivity index (χ3n) is 3.67. The summed E-state index contributed by atoms with van der Waals surface area (Å²) in [6.45, 7) is 8.48. The highest BCUT2D eigenvalue weighted by atomic mass is 16.6. The van der Waals surface area contributed by atoms with Gasteiger partial charge in [0.05, 0.1) is 5.41 Å². The smallest absolute Gasteiger partial charge is 0.323 e. The minimum atomic E-state index is -0.947. The Morgan fingerprint density at radius 2 is 1.64 bits per heavy atom. The SMILES string of the molecule is C[C@@H](OC(=O)[C@@H](N)Cc1ccc(O)c(O)c1)[C@@H](C)OC(=O)C(C)(C)C. The molecular weight excluding hydrogens is 326 g/mol. The molecule has 1 aromatic carbocycles. The van der Waals surface area contributed by atoms with Crippen molar-refractivity contribution < 1.29 is 29.3 Å². The summed E-state index contributed by atoms with van der Waals surface area (Å²) in [5, 5.41) is 18.7. The van der Waals surface area contributed by atoms with Crippen molar-refractivity contribution in [1.82, 2.24) is 0 Å². The van der Waals surface area contributed by atoms with Crippen LogP contribution >= 0.6 is 0 Å². The first-order chi connectivity index (χ1) is 11.4. The first-order valence-electron chi connectivity index (χ1n) is 8.09. The van der Waals surface area contributed by atoms with Crippen molar-refractivity contribution in [2.75, 3.05) is 0 Å². The van der Waals surface area contributed by atoms with Gasteiger partial charge >= 0.3 is 11.9 Å². The molecule has 0 aliphatic carbocycles. The Hall–Kier alpha value is -2.28. The Morgan fingerprint density at radius 1 is 1.08 bits per heavy atom. The van der Waals surface area contributed by atoms with Crippen molar-refractivity contribution in [1.29, 1.82) is 0 Å². The number of benzene rings is 1. The molecule has 4 N–H and O–H groups in total. The molecule has 25 heavy (non-hydrogen) atoms. The standard InChI is InChI=1S/C18H27NO6/c1-10(11(2)25-17(23)18(3,4)5)24-16(22)13(19)8-12-6-7-14(20)15(21)9-12/h6-7,9-11,13,20-21H,8,19H2,1-5H3/t10-,11-,13+/m1/s1. The maximum absolute atomic E-state index is 12.1. The molecule has 0 bridgehead atoms. The van der Waals surface area contributed by atoms with Crippen LogP contribution in [0.3, 0.4) is 0 Å². The minimum Gasteiger partial charge on any atom is -0.504 e. The number of phenols is 2. The number of carbonyl (C=O) groups is 2. The number of ether oxygens (including phenoxy) is 2. The molecule has 3 atom stereocenters. The van der Waals surface area contributed by atoms with Crippen LogP contribution in [-0.2, 0) is 25.5 Å². The maximum atomic E-state index is 12.1. The predicted molar refractivity (Wildman–Crippen MR) is 92.0 cm³/mol. The van der Waals surface area contributed by atoms with E-state index in [-0.39, 0.29) is 23.9 Å². The van der Waals surface area contributed by atoms with Gasteiger partial charge in [-0.05, 0) is 58.7 Å². The van der Waals surface area contributed by atoms with Crippen LogP contribution in [0.2, 0.25) is 0 Å². The molecule has 0 radical (unpaired) electrons. The average Bonchev–Trinajstić information content (AvgIpc) is 2.49. The lowest BCUT2D eigenvalue weighted by atomic mass is 9.97. The molecule has 0 fully saturated rings. The van der Waals surface area contributed by atoms with Crippen LogP contribution in [-0.4, -0.2) is 40.4 Å². The molecular formula is C18H27NO6. The molecule has 0 heterocycles. The van der Waals surface area contributed by atoms with Crippen molar-refractivity contribution in [3.8, 4) is 11.5 Å². The van der Waals surface area contributed by atoms with Crippen molar-refractivity contribution >= 4 is 11.9 Å². The second kappa shape index (κ2) is 8.20. The van der Waals surface area contributed by atoms with E-state index in [1.165, 1.54) is 12.1 Å². The molecule has 0 aliphatic heterocycles. The van der Waals surface area contributed by atoms with E-state index in [2.05, 4.69) is 0 Å². The second-order valence-electron chi connectivity index (χ2n) is 7.14. The Kier molecular flexibility index (Phi) is 6.81. The lowest BCUT2D eigenvalue weighted by Crippen LogP contribution is -2.40. The second-order valence-corrected chi connectivity index (χ2v) is 7.14. The molecule has 0 spiro atoms. The molecule has 7 nitrogen and oxygen atoms in total. The monoisotopic (exact) mass is 353 g/mol. The van der Waals surface area contributed by atoms with Gasteiger partial charge in [-0.25, -0.2) is 0 Å². The molecule has 0 amide bonds. The first kappa shape index (κ1) is 20.8. The van der Waals surface area contributed by atoms with E-state index in [1.54, 1.807) is 40.7 Å². The molecule has 1 rings (SSSR count). The molecule has 0 aromatic heterocycles. The average molecular weight is 353 g/mol. The minimum absolute atomic E-state index is 0.134. The fourth-order valence-corrected chi connectivity index (χ4v) is 1.84. The lowest BCUT2D eigenvalue weighted by Gasteiger charge is -2.25. The lowest BCUT2D eigenvalue weighted by molar-refractivity contribution is -0.171. The topological polar surface area (TPSA) is 119 Å². The summed E-state index contributed by atoms with van der Waals surface area (Å²) in [6, 6.07) is 3.26. The van der Waals surface area contributed by atoms with Crippen LogP contribution in [0.15, 0.2) is 18.2 Å². The molecule has 0 saturated heterocycles. The first-order valence-corrected chi connectivity index (χ1v) is 8.09. The van der Waals surface area contributed by atoms with E-state index < -0.39 is 29.6 Å². The molecule has 7 heteroatoms. The van der Waals surface area contributed by atoms with Crippen molar-refractivity contribution in [3.63, 3.8) is 0 Å². The summed E-state index contributed by atoms with van der Waals surface area (Å²) in [7, 11) is 0. The van der Waals surface area contributed by atoms with Crippen molar-refractivity contribution in [3.05, 3.63) is 23.8 Å². The van der Waals surface area contributed by atoms with Crippen LogP contribution in [0.25, 0.3) is 0 Å². The van der Waals surface area contributed by atoms with E-state index in [9.17, 15) is 19.8 Å². The molecule has 0 aliphatic rings. The third-order valence-corrected chi connectivity index (χ3v) is 3.67. The highest BCUT2D eigenvalue weighted by Gasteiger charge is 2.29. The third kappa shape index (κ3) is 6.26. The van der Waals surface area contributed by atoms with Gasteiger partial charge in [0.2, 0.25) is 0 Å². The van der Waals surface area contributed by atoms with Crippen LogP contribution in [0.5, 0.6) is 11.5 Å². The van der Waals surface area contributed by atoms with E-state index in [0.29, 0.717) is 5.56 Å². The summed E-state index contributed by atoms with van der Waals surface area (Å²) in [6.07, 6.45) is -1.13. The van der Waals surface area contributed by atoms with Gasteiger partial charge in [-0.1, -0.05) is 6.07 Å². The number of carbonyl (C=O) groups excluding carboxylic acids is 2. The number of phenolic OH excluding ortho intramolecular Hbond substituents is 2. The van der Waals surface area contributed by atoms with Gasteiger partial charge < -0.3 is 25.4 Å². The number of hydrogen-bond donors (Lipinski definition) is 3. The maximum Gasteiger partial charge on any atom is 0.323 e. The number of rotatable bonds is 6. The van der Waals surface area contributed by atoms with Crippen LogP contribution < -0.4 is 5.73 Å². The van der Waals surface area contributed by atoms with Crippen molar-refractivity contribution in [2.24, 2.45) is 11.1 Å².